The maximum absolute atomic E-state index is 8.92. The minimum atomic E-state index is 0.121. The number of aliphatic hydroxyl groups excluding tert-OH is 1. The Morgan fingerprint density at radius 1 is 1.35 bits per heavy atom. The standard InChI is InChI=1S/C14H23N3O3/c1-10(9-18)7-16-14(15)17-8-11-4-5-12(19-2)13(6-11)20-3/h4-6,10,18H,7-9H2,1-3H3,(H3,15,16,17). The lowest BCUT2D eigenvalue weighted by Crippen LogP contribution is -2.35. The molecule has 6 heteroatoms. The van der Waals surface area contributed by atoms with Gasteiger partial charge in [-0.2, -0.15) is 0 Å². The number of methoxy groups -OCH3 is 2. The van der Waals surface area contributed by atoms with E-state index in [0.29, 0.717) is 30.5 Å². The molecule has 6 nitrogen and oxygen atoms in total. The van der Waals surface area contributed by atoms with E-state index in [4.69, 9.17) is 20.3 Å². The molecule has 0 aliphatic carbocycles. The van der Waals surface area contributed by atoms with Gasteiger partial charge in [0.1, 0.15) is 0 Å². The van der Waals surface area contributed by atoms with Gasteiger partial charge < -0.3 is 25.6 Å². The van der Waals surface area contributed by atoms with Crippen molar-refractivity contribution < 1.29 is 14.6 Å². The Morgan fingerprint density at radius 2 is 2.05 bits per heavy atom. The zero-order valence-corrected chi connectivity index (χ0v) is 12.2. The minimum Gasteiger partial charge on any atom is -0.493 e. The van der Waals surface area contributed by atoms with Crippen molar-refractivity contribution in [3.63, 3.8) is 0 Å². The Labute approximate surface area is 119 Å². The number of nitrogens with zero attached hydrogens (tertiary/aromatic N) is 1. The summed E-state index contributed by atoms with van der Waals surface area (Å²) in [5.74, 6) is 1.86. The monoisotopic (exact) mass is 281 g/mol. The minimum absolute atomic E-state index is 0.121. The molecule has 0 bridgehead atoms. The number of benzene rings is 1. The van der Waals surface area contributed by atoms with E-state index in [1.165, 1.54) is 0 Å². The SMILES string of the molecule is COc1ccc(CN=C(N)NCC(C)CO)cc1OC. The number of nitrogens with one attached hydrogen (secondary N) is 1. The Morgan fingerprint density at radius 3 is 2.65 bits per heavy atom. The first-order chi connectivity index (χ1) is 9.60. The van der Waals surface area contributed by atoms with E-state index in [1.54, 1.807) is 14.2 Å². The Balaban J connectivity index is 2.60. The lowest BCUT2D eigenvalue weighted by molar-refractivity contribution is 0.238. The van der Waals surface area contributed by atoms with Crippen LogP contribution in [-0.2, 0) is 6.54 Å². The molecule has 0 saturated heterocycles. The summed E-state index contributed by atoms with van der Waals surface area (Å²) in [7, 11) is 3.19. The van der Waals surface area contributed by atoms with Crippen molar-refractivity contribution in [1.29, 1.82) is 0 Å². The van der Waals surface area contributed by atoms with Gasteiger partial charge in [-0.15, -0.1) is 0 Å². The maximum Gasteiger partial charge on any atom is 0.188 e. The van der Waals surface area contributed by atoms with E-state index in [1.807, 2.05) is 25.1 Å². The molecule has 1 atom stereocenters. The van der Waals surface area contributed by atoms with Gasteiger partial charge in [-0.1, -0.05) is 13.0 Å². The Hall–Kier alpha value is -1.95. The number of ether oxygens (including phenoxy) is 2. The van der Waals surface area contributed by atoms with Crippen molar-refractivity contribution in [2.75, 3.05) is 27.4 Å². The largest absolute Gasteiger partial charge is 0.493 e. The van der Waals surface area contributed by atoms with Crippen LogP contribution in [-0.4, -0.2) is 38.4 Å². The van der Waals surface area contributed by atoms with E-state index in [-0.39, 0.29) is 12.5 Å². The quantitative estimate of drug-likeness (QED) is 0.506. The molecule has 1 rings (SSSR count). The fourth-order valence-corrected chi connectivity index (χ4v) is 1.55. The van der Waals surface area contributed by atoms with Crippen LogP contribution in [0.1, 0.15) is 12.5 Å². The summed E-state index contributed by atoms with van der Waals surface area (Å²) < 4.78 is 10.4. The highest BCUT2D eigenvalue weighted by molar-refractivity contribution is 5.77. The molecule has 1 aromatic rings. The Bertz CT molecular complexity index is 449. The lowest BCUT2D eigenvalue weighted by Gasteiger charge is -2.11. The summed E-state index contributed by atoms with van der Waals surface area (Å²) in [5.41, 5.74) is 6.73. The molecule has 0 amide bonds. The van der Waals surface area contributed by atoms with Crippen molar-refractivity contribution in [3.05, 3.63) is 23.8 Å². The van der Waals surface area contributed by atoms with Gasteiger partial charge >= 0.3 is 0 Å². The second-order valence-electron chi connectivity index (χ2n) is 4.56. The molecular weight excluding hydrogens is 258 g/mol. The third-order valence-corrected chi connectivity index (χ3v) is 2.82. The highest BCUT2D eigenvalue weighted by Crippen LogP contribution is 2.27. The van der Waals surface area contributed by atoms with Crippen LogP contribution in [0.2, 0.25) is 0 Å². The molecule has 0 aliphatic heterocycles. The molecule has 0 radical (unpaired) electrons. The second-order valence-corrected chi connectivity index (χ2v) is 4.56. The van der Waals surface area contributed by atoms with Gasteiger partial charge in [0.25, 0.3) is 0 Å². The van der Waals surface area contributed by atoms with E-state index >= 15 is 0 Å². The highest BCUT2D eigenvalue weighted by Gasteiger charge is 2.04. The summed E-state index contributed by atoms with van der Waals surface area (Å²) in [6.45, 7) is 3.09. The van der Waals surface area contributed by atoms with E-state index in [0.717, 1.165) is 5.56 Å². The highest BCUT2D eigenvalue weighted by atomic mass is 16.5. The average molecular weight is 281 g/mol. The lowest BCUT2D eigenvalue weighted by atomic mass is 10.2. The first kappa shape index (κ1) is 16.1. The van der Waals surface area contributed by atoms with Crippen LogP contribution in [0.15, 0.2) is 23.2 Å². The first-order valence-corrected chi connectivity index (χ1v) is 6.46. The van der Waals surface area contributed by atoms with Crippen molar-refractivity contribution in [2.45, 2.75) is 13.5 Å². The first-order valence-electron chi connectivity index (χ1n) is 6.46. The van der Waals surface area contributed by atoms with Crippen LogP contribution < -0.4 is 20.5 Å². The normalized spacial score (nSPS) is 12.9. The number of guanidine groups is 1. The van der Waals surface area contributed by atoms with Crippen LogP contribution >= 0.6 is 0 Å². The number of nitrogens with two attached hydrogens (primary N) is 1. The third-order valence-electron chi connectivity index (χ3n) is 2.82. The average Bonchev–Trinajstić information content (AvgIpc) is 2.49. The fraction of sp³-hybridized carbons (Fsp3) is 0.500. The summed E-state index contributed by atoms with van der Waals surface area (Å²) in [6.07, 6.45) is 0. The molecule has 0 heterocycles. The third kappa shape index (κ3) is 4.97. The molecule has 0 fully saturated rings. The molecule has 1 unspecified atom stereocenters. The van der Waals surface area contributed by atoms with E-state index in [2.05, 4.69) is 10.3 Å². The van der Waals surface area contributed by atoms with Crippen molar-refractivity contribution in [2.24, 2.45) is 16.6 Å². The van der Waals surface area contributed by atoms with Gasteiger partial charge in [-0.05, 0) is 23.6 Å². The maximum atomic E-state index is 8.92. The summed E-state index contributed by atoms with van der Waals surface area (Å²) in [4.78, 5) is 4.24. The Kier molecular flexibility index (Phi) is 6.66. The zero-order chi connectivity index (χ0) is 15.0. The van der Waals surface area contributed by atoms with Crippen molar-refractivity contribution in [1.82, 2.24) is 5.32 Å². The zero-order valence-electron chi connectivity index (χ0n) is 12.2. The molecule has 0 aliphatic rings. The fourth-order valence-electron chi connectivity index (χ4n) is 1.55. The van der Waals surface area contributed by atoms with Gasteiger partial charge in [0.05, 0.1) is 20.8 Å². The predicted molar refractivity (Wildman–Crippen MR) is 79.1 cm³/mol. The molecule has 112 valence electrons. The van der Waals surface area contributed by atoms with Crippen LogP contribution in [0.25, 0.3) is 0 Å². The van der Waals surface area contributed by atoms with Gasteiger partial charge in [-0.3, -0.25) is 0 Å². The topological polar surface area (TPSA) is 89.1 Å². The smallest absolute Gasteiger partial charge is 0.188 e. The molecule has 20 heavy (non-hydrogen) atoms. The summed E-state index contributed by atoms with van der Waals surface area (Å²) >= 11 is 0. The summed E-state index contributed by atoms with van der Waals surface area (Å²) in [6, 6.07) is 5.61. The van der Waals surface area contributed by atoms with Crippen LogP contribution in [0, 0.1) is 5.92 Å². The van der Waals surface area contributed by atoms with Crippen molar-refractivity contribution >= 4 is 5.96 Å². The van der Waals surface area contributed by atoms with Gasteiger partial charge in [-0.25, -0.2) is 4.99 Å². The molecular formula is C14H23N3O3. The molecule has 1 aromatic carbocycles. The number of aliphatic imine (C=N–C) groups is 1. The predicted octanol–water partition coefficient (Wildman–Crippen LogP) is 0.736. The number of rotatable bonds is 7. The molecule has 0 saturated carbocycles. The number of hydrogen-bond acceptors (Lipinski definition) is 4. The molecule has 4 N–H and O–H groups in total. The number of hydrogen-bond donors (Lipinski definition) is 3. The van der Waals surface area contributed by atoms with Crippen molar-refractivity contribution in [3.8, 4) is 11.5 Å². The van der Waals surface area contributed by atoms with Crippen LogP contribution in [0.4, 0.5) is 0 Å². The van der Waals surface area contributed by atoms with E-state index in [9.17, 15) is 0 Å². The van der Waals surface area contributed by atoms with Crippen LogP contribution in [0.3, 0.4) is 0 Å². The summed E-state index contributed by atoms with van der Waals surface area (Å²) in [5, 5.41) is 11.9. The molecule has 0 spiro atoms. The van der Waals surface area contributed by atoms with Gasteiger partial charge in [0, 0.05) is 13.2 Å². The van der Waals surface area contributed by atoms with Gasteiger partial charge in [0.2, 0.25) is 0 Å². The molecule has 0 aromatic heterocycles. The van der Waals surface area contributed by atoms with E-state index < -0.39 is 0 Å². The second kappa shape index (κ2) is 8.27. The van der Waals surface area contributed by atoms with Gasteiger partial charge in [0.15, 0.2) is 17.5 Å². The van der Waals surface area contributed by atoms with Crippen LogP contribution in [0.5, 0.6) is 11.5 Å². The number of aliphatic hydroxyl groups is 1.